The lowest BCUT2D eigenvalue weighted by atomic mass is 9.72. The quantitative estimate of drug-likeness (QED) is 0.124. The third-order valence-electron chi connectivity index (χ3n) is 23.0. The van der Waals surface area contributed by atoms with E-state index in [2.05, 4.69) is 201 Å². The Hall–Kier alpha value is -4.14. The van der Waals surface area contributed by atoms with Crippen molar-refractivity contribution in [1.82, 2.24) is 0 Å². The lowest BCUT2D eigenvalue weighted by Gasteiger charge is -2.29. The molecular formula is C80H72B4Cl12O12. The van der Waals surface area contributed by atoms with Gasteiger partial charge in [0.25, 0.3) is 0 Å². The lowest BCUT2D eigenvalue weighted by Crippen LogP contribution is -2.39. The first kappa shape index (κ1) is 79.1. The SMILES string of the molecule is COc1c2cc3ccccc3c1-c1c(OC)c(cc3ccccc13)B1O[C@H]3c4cc5c(cc4C(C)(C)[C@H]3O1)[C@@H]1OB(O[C@@H]1C5(C)C)c1cc3ccccc3c(c1OC)-c1c(OC)c(cc3ccccc13)B1O[C@@H]3c4cc5c(cc4C(C)(C)[C@@H]3O1)[C@H]1OB2O[C@H]1C5(C)C.ClC(Cl)Cl.ClC(Cl)Cl.ClC(Cl)Cl.ClC(Cl)Cl. The zero-order chi connectivity index (χ0) is 76.9. The Balaban J connectivity index is 0.000000533. The van der Waals surface area contributed by atoms with Crippen LogP contribution in [0, 0.1) is 0 Å². The number of rotatable bonds is 4. The molecular weight excluding hydrogens is 1620 g/mol. The Morgan fingerprint density at radius 2 is 0.454 bits per heavy atom. The van der Waals surface area contributed by atoms with E-state index in [1.165, 1.54) is 22.3 Å². The van der Waals surface area contributed by atoms with Gasteiger partial charge >= 0.3 is 28.5 Å². The molecule has 17 heterocycles. The molecule has 10 aromatic carbocycles. The Morgan fingerprint density at radius 3 is 0.630 bits per heavy atom. The molecule has 0 radical (unpaired) electrons. The fourth-order valence-corrected chi connectivity index (χ4v) is 18.5. The zero-order valence-electron chi connectivity index (χ0n) is 60.5. The maximum Gasteiger partial charge on any atom is 0.498 e. The fourth-order valence-electron chi connectivity index (χ4n) is 18.5. The van der Waals surface area contributed by atoms with E-state index >= 15 is 0 Å². The van der Waals surface area contributed by atoms with Gasteiger partial charge in [0, 0.05) is 65.8 Å². The number of benzene rings is 10. The van der Waals surface area contributed by atoms with E-state index in [0.717, 1.165) is 109 Å². The molecule has 0 N–H and O–H groups in total. The number of hydrogen-bond acceptors (Lipinski definition) is 12. The molecule has 0 amide bonds. The minimum atomic E-state index is -0.783. The molecule has 8 atom stereocenters. The normalized spacial score (nSPS) is 23.1. The van der Waals surface area contributed by atoms with Gasteiger partial charge in [0.15, 0.2) is 17.2 Å². The van der Waals surface area contributed by atoms with Gasteiger partial charge < -0.3 is 56.2 Å². The van der Waals surface area contributed by atoms with Crippen LogP contribution in [0.2, 0.25) is 0 Å². The molecule has 0 unspecified atom stereocenters. The number of alkyl halides is 12. The molecule has 0 aromatic heterocycles. The summed E-state index contributed by atoms with van der Waals surface area (Å²) in [5.74, 6) is 2.56. The molecule has 31 rings (SSSR count). The largest absolute Gasteiger partial charge is 0.498 e. The second kappa shape index (κ2) is 30.2. The highest BCUT2D eigenvalue weighted by Gasteiger charge is 2.63. The molecule has 0 saturated carbocycles. The second-order valence-electron chi connectivity index (χ2n) is 30.1. The number of hydrogen-bond donors (Lipinski definition) is 0. The van der Waals surface area contributed by atoms with Gasteiger partial charge in [0.1, 0.15) is 23.0 Å². The molecule has 28 bridgehead atoms. The standard InChI is InChI=1S/C76H68B4O12.4CHCl3/c1-73(2)49-33-46-50-34-45(49)61-69(73)89-77(85-61)53-29-37-21-13-17-25-41(37)57(65(53)81-9)58-42-26-18-14-23-39(42)31-55(67(58)83-11)79-87-63-47-35-52-48(36-51(47)75(5,6)71(63)91-79)64-72(76(52,7)8)92-80(88-64)56-32-40-24-16-20-28-44(40)60(68(56)84-12)59-43-27-19-15-22-38(43)30-54(66(59)82-10)78-86-62(46)70(90-78)74(50,3)4;4*2-1(3)4/h13-36,61-64,69-72H,1-12H3;4*1H/t61-,62-,63+,64+,69-,70-,71+,72+;;;;. The number of fused-ring (bicyclic) bond motifs is 4. The summed E-state index contributed by atoms with van der Waals surface area (Å²) in [6.07, 6.45) is -2.88. The van der Waals surface area contributed by atoms with Gasteiger partial charge in [-0.1, -0.05) is 340 Å². The third kappa shape index (κ3) is 13.2. The van der Waals surface area contributed by atoms with E-state index in [1.54, 1.807) is 28.4 Å². The summed E-state index contributed by atoms with van der Waals surface area (Å²) in [6.45, 7) is 18.2. The number of methoxy groups -OCH3 is 4. The van der Waals surface area contributed by atoms with Crippen LogP contribution in [0.4, 0.5) is 0 Å². The second-order valence-corrected chi connectivity index (χ2v) is 38.0. The van der Waals surface area contributed by atoms with Crippen LogP contribution in [0.5, 0.6) is 23.0 Å². The van der Waals surface area contributed by atoms with Gasteiger partial charge in [-0.3, -0.25) is 0 Å². The van der Waals surface area contributed by atoms with Crippen LogP contribution in [0.1, 0.15) is 124 Å². The molecule has 4 saturated heterocycles. The average molecular weight is 1690 g/mol. The van der Waals surface area contributed by atoms with Crippen LogP contribution in [0.3, 0.4) is 0 Å². The molecule has 4 aliphatic carbocycles. The van der Waals surface area contributed by atoms with E-state index in [9.17, 15) is 0 Å². The monoisotopic (exact) mass is 1690 g/mol. The summed E-state index contributed by atoms with van der Waals surface area (Å²) in [4.78, 5) is 0. The summed E-state index contributed by atoms with van der Waals surface area (Å²) in [5.41, 5.74) is 13.8. The Labute approximate surface area is 689 Å². The number of halogens is 12. The van der Waals surface area contributed by atoms with E-state index in [-0.39, 0.29) is 48.8 Å². The minimum Gasteiger partial charge on any atom is -0.496 e. The van der Waals surface area contributed by atoms with Gasteiger partial charge in [-0.25, -0.2) is 0 Å². The molecule has 21 aliphatic rings. The van der Waals surface area contributed by atoms with Gasteiger partial charge in [-0.15, -0.1) is 0 Å². The van der Waals surface area contributed by atoms with Crippen LogP contribution in [-0.2, 0) is 58.9 Å². The highest BCUT2D eigenvalue weighted by Crippen LogP contribution is 2.62. The van der Waals surface area contributed by atoms with Crippen LogP contribution in [0.15, 0.2) is 146 Å². The minimum absolute atomic E-state index is 0.334. The summed E-state index contributed by atoms with van der Waals surface area (Å²) < 4.78 is 83.1. The maximum absolute atomic E-state index is 7.40. The van der Waals surface area contributed by atoms with Crippen molar-refractivity contribution in [3.05, 3.63) is 190 Å². The lowest BCUT2D eigenvalue weighted by molar-refractivity contribution is 0.113. The van der Waals surface area contributed by atoms with Crippen LogP contribution >= 0.6 is 139 Å². The Kier molecular flexibility index (Phi) is 22.1. The molecule has 108 heavy (non-hydrogen) atoms. The van der Waals surface area contributed by atoms with Crippen molar-refractivity contribution >= 4 is 233 Å². The van der Waals surface area contributed by atoms with Gasteiger partial charge in [-0.2, -0.15) is 0 Å². The molecule has 28 heteroatoms. The summed E-state index contributed by atoms with van der Waals surface area (Å²) in [5, 5.41) is 7.99. The zero-order valence-corrected chi connectivity index (χ0v) is 69.6. The van der Waals surface area contributed by atoms with Crippen LogP contribution in [0.25, 0.3) is 65.3 Å². The molecule has 4 fully saturated rings. The van der Waals surface area contributed by atoms with Crippen molar-refractivity contribution in [2.24, 2.45) is 0 Å². The van der Waals surface area contributed by atoms with Crippen molar-refractivity contribution < 1.29 is 56.2 Å². The highest BCUT2D eigenvalue weighted by molar-refractivity contribution is 6.67. The van der Waals surface area contributed by atoms with Gasteiger partial charge in [0.05, 0.1) is 77.3 Å². The van der Waals surface area contributed by atoms with Crippen LogP contribution in [-0.4, -0.2) is 98.5 Å². The predicted molar refractivity (Wildman–Crippen MR) is 447 cm³/mol. The molecule has 12 nitrogen and oxygen atoms in total. The first-order valence-electron chi connectivity index (χ1n) is 35.1. The molecule has 17 aliphatic heterocycles. The summed E-state index contributed by atoms with van der Waals surface area (Å²) >= 11 is 57.7. The first-order chi connectivity index (χ1) is 51.4. The number of ether oxygens (including phenoxy) is 4. The topological polar surface area (TPSA) is 111 Å². The van der Waals surface area contributed by atoms with Gasteiger partial charge in [-0.05, 0) is 87.6 Å². The van der Waals surface area contributed by atoms with Crippen molar-refractivity contribution in [2.45, 2.75) is 143 Å². The van der Waals surface area contributed by atoms with Gasteiger partial charge in [0.2, 0.25) is 0 Å². The summed E-state index contributed by atoms with van der Waals surface area (Å²) in [6, 6.07) is 52.0. The van der Waals surface area contributed by atoms with E-state index in [1.807, 2.05) is 0 Å². The average Bonchev–Trinajstić information content (AvgIpc) is 1.53. The van der Waals surface area contributed by atoms with Crippen molar-refractivity contribution in [2.75, 3.05) is 28.4 Å². The van der Waals surface area contributed by atoms with Crippen molar-refractivity contribution in [1.29, 1.82) is 0 Å². The smallest absolute Gasteiger partial charge is 0.496 e. The van der Waals surface area contributed by atoms with E-state index < -0.39 is 67.3 Å². The third-order valence-corrected chi connectivity index (χ3v) is 23.0. The fraction of sp³-hybridized carbons (Fsp3) is 0.350. The van der Waals surface area contributed by atoms with E-state index in [0.29, 0.717) is 23.0 Å². The highest BCUT2D eigenvalue weighted by atomic mass is 35.6. The maximum atomic E-state index is 7.40. The van der Waals surface area contributed by atoms with Crippen molar-refractivity contribution in [3.8, 4) is 45.3 Å². The van der Waals surface area contributed by atoms with Crippen LogP contribution < -0.4 is 40.8 Å². The van der Waals surface area contributed by atoms with Crippen molar-refractivity contribution in [3.63, 3.8) is 0 Å². The summed E-state index contributed by atoms with van der Waals surface area (Å²) in [7, 11) is 3.84. The Morgan fingerprint density at radius 1 is 0.278 bits per heavy atom. The molecule has 10 aromatic rings. The first-order valence-corrected chi connectivity index (χ1v) is 40.3. The Bertz CT molecular complexity index is 4560. The van der Waals surface area contributed by atoms with E-state index in [4.69, 9.17) is 195 Å². The predicted octanol–water partition coefficient (Wildman–Crippen LogP) is 20.5. The molecule has 560 valence electrons. The molecule has 0 spiro atoms.